The van der Waals surface area contributed by atoms with Gasteiger partial charge in [0.1, 0.15) is 24.6 Å². The Kier molecular flexibility index (Phi) is 18.1. The fourth-order valence-corrected chi connectivity index (χ4v) is 7.05. The molecule has 4 heterocycles. The molecule has 75 heavy (non-hydrogen) atoms. The van der Waals surface area contributed by atoms with Crippen LogP contribution in [-0.2, 0) is 42.1 Å². The van der Waals surface area contributed by atoms with Gasteiger partial charge in [-0.3, -0.25) is 4.79 Å². The molecule has 0 bridgehead atoms. The molecule has 384 valence electrons. The number of hydrogen-bond donors (Lipinski definition) is 2. The van der Waals surface area contributed by atoms with Crippen LogP contribution < -0.4 is 18.9 Å². The molecule has 1 saturated heterocycles. The van der Waals surface area contributed by atoms with Crippen molar-refractivity contribution in [2.24, 2.45) is 0 Å². The number of benzene rings is 5. The standard InChI is InChI=1S/C31H22F3N5O5.C20H13F2N3O4.2CH4/c32-21-10-18(14-35)2-3-25(21)43-16-27-36-7-5-29(37-27)44-26-4-1-17(9-22(26)33)11-28-38-30-23(34)12-19(31(40)41)13-24(30)39(28)15-20-6-8-42-20;21-14-8-13(10-23)2-3-16(14)28-11-18-24-6-5-19(25-18)29-17-4-1-12(7-15(17)22)9-20(26)27;;/h1-5,7,9-10,12-13,20H,6,8,11,15-16H2,(H,40,41);1-8H,9,11H2,(H,26,27);2*1H4/t20-;;;/m0.../s1. The number of imidazole rings is 1. The highest BCUT2D eigenvalue weighted by atomic mass is 19.1. The van der Waals surface area contributed by atoms with E-state index in [4.69, 9.17) is 39.3 Å². The van der Waals surface area contributed by atoms with Gasteiger partial charge in [-0.1, -0.05) is 27.0 Å². The summed E-state index contributed by atoms with van der Waals surface area (Å²) in [4.78, 5) is 42.9. The molecule has 0 aliphatic carbocycles. The third kappa shape index (κ3) is 13.9. The highest BCUT2D eigenvalue weighted by Gasteiger charge is 2.25. The lowest BCUT2D eigenvalue weighted by Crippen LogP contribution is -2.31. The third-order valence-electron chi connectivity index (χ3n) is 10.6. The Bertz CT molecular complexity index is 3470. The number of carboxylic acids is 2. The number of aromatic nitrogens is 6. The van der Waals surface area contributed by atoms with E-state index in [9.17, 15) is 32.3 Å². The van der Waals surface area contributed by atoms with Gasteiger partial charge in [0, 0.05) is 37.6 Å². The number of nitrogens with zero attached hydrogens (tertiary/aromatic N) is 8. The van der Waals surface area contributed by atoms with Gasteiger partial charge in [-0.15, -0.1) is 0 Å². The minimum Gasteiger partial charge on any atom is -0.483 e. The van der Waals surface area contributed by atoms with Crippen molar-refractivity contribution >= 4 is 23.0 Å². The van der Waals surface area contributed by atoms with E-state index in [2.05, 4.69) is 24.9 Å². The first kappa shape index (κ1) is 54.8. The van der Waals surface area contributed by atoms with Gasteiger partial charge in [0.2, 0.25) is 11.8 Å². The quantitative estimate of drug-likeness (QED) is 0.0806. The maximum absolute atomic E-state index is 15.2. The predicted molar refractivity (Wildman–Crippen MR) is 257 cm³/mol. The molecule has 17 nitrogen and oxygen atoms in total. The van der Waals surface area contributed by atoms with Crippen LogP contribution >= 0.6 is 0 Å². The van der Waals surface area contributed by atoms with E-state index >= 15 is 4.39 Å². The second-order valence-electron chi connectivity index (χ2n) is 15.7. The molecule has 22 heteroatoms. The molecule has 0 amide bonds. The van der Waals surface area contributed by atoms with Crippen molar-refractivity contribution in [2.45, 2.75) is 60.0 Å². The monoisotopic (exact) mass is 1030 g/mol. The van der Waals surface area contributed by atoms with Gasteiger partial charge in [0.15, 0.2) is 63.7 Å². The van der Waals surface area contributed by atoms with Crippen LogP contribution in [-0.4, -0.2) is 64.3 Å². The van der Waals surface area contributed by atoms with Crippen LogP contribution in [0.3, 0.4) is 0 Å². The molecule has 1 atom stereocenters. The number of ether oxygens (including phenoxy) is 5. The van der Waals surface area contributed by atoms with Gasteiger partial charge in [0.25, 0.3) is 0 Å². The largest absolute Gasteiger partial charge is 0.483 e. The smallest absolute Gasteiger partial charge is 0.335 e. The summed E-state index contributed by atoms with van der Waals surface area (Å²) >= 11 is 0. The molecular formula is C53H43F5N8O9. The molecule has 8 aromatic rings. The van der Waals surface area contributed by atoms with Crippen LogP contribution in [0.5, 0.6) is 34.8 Å². The second kappa shape index (κ2) is 24.7. The zero-order valence-electron chi connectivity index (χ0n) is 37.6. The molecule has 1 aliphatic heterocycles. The Morgan fingerprint density at radius 3 is 1.63 bits per heavy atom. The van der Waals surface area contributed by atoms with Crippen molar-refractivity contribution in [1.29, 1.82) is 10.5 Å². The molecule has 0 radical (unpaired) electrons. The van der Waals surface area contributed by atoms with Gasteiger partial charge >= 0.3 is 11.9 Å². The maximum Gasteiger partial charge on any atom is 0.335 e. The lowest BCUT2D eigenvalue weighted by Gasteiger charge is -2.27. The molecular weight excluding hydrogens is 988 g/mol. The fourth-order valence-electron chi connectivity index (χ4n) is 7.05. The third-order valence-corrected chi connectivity index (χ3v) is 10.6. The van der Waals surface area contributed by atoms with Gasteiger partial charge in [-0.2, -0.15) is 20.5 Å². The van der Waals surface area contributed by atoms with E-state index < -0.39 is 41.0 Å². The number of halogens is 5. The van der Waals surface area contributed by atoms with E-state index in [1.54, 1.807) is 10.6 Å². The average Bonchev–Trinajstić information content (AvgIpc) is 3.70. The van der Waals surface area contributed by atoms with E-state index in [1.165, 1.54) is 79.1 Å². The van der Waals surface area contributed by atoms with Crippen LogP contribution in [0.1, 0.15) is 71.4 Å². The Morgan fingerprint density at radius 2 is 1.16 bits per heavy atom. The minimum absolute atomic E-state index is 0. The molecule has 0 unspecified atom stereocenters. The fraction of sp³-hybridized carbons (Fsp3) is 0.189. The highest BCUT2D eigenvalue weighted by molar-refractivity contribution is 5.92. The number of hydrogen-bond acceptors (Lipinski definition) is 14. The van der Waals surface area contributed by atoms with Gasteiger partial charge in [-0.25, -0.2) is 41.7 Å². The van der Waals surface area contributed by atoms with Gasteiger partial charge < -0.3 is 38.5 Å². The summed E-state index contributed by atoms with van der Waals surface area (Å²) in [5, 5.41) is 35.8. The van der Waals surface area contributed by atoms with E-state index in [0.29, 0.717) is 35.6 Å². The summed E-state index contributed by atoms with van der Waals surface area (Å²) in [5.74, 6) is -5.55. The van der Waals surface area contributed by atoms with Gasteiger partial charge in [0.05, 0.1) is 53.4 Å². The number of aliphatic carboxylic acids is 1. The molecule has 0 saturated carbocycles. The van der Waals surface area contributed by atoms with E-state index in [0.717, 1.165) is 30.7 Å². The van der Waals surface area contributed by atoms with Crippen LogP contribution in [0.25, 0.3) is 11.0 Å². The van der Waals surface area contributed by atoms with Crippen molar-refractivity contribution in [3.05, 3.63) is 184 Å². The SMILES string of the molecule is C.C.N#Cc1ccc(OCc2nccc(Oc3ccc(CC(=O)O)cc3F)n2)c(F)c1.N#Cc1ccc(OCc2nccc(Oc3ccc(Cc4nc5c(F)cc(C(=O)O)cc5n4C[C@@H]4CCO4)cc3F)n2)c(F)c1. The molecule has 2 N–H and O–H groups in total. The van der Waals surface area contributed by atoms with Crippen LogP contribution in [0.15, 0.2) is 109 Å². The maximum atomic E-state index is 15.2. The topological polar surface area (TPSA) is 238 Å². The highest BCUT2D eigenvalue weighted by Crippen LogP contribution is 2.30. The summed E-state index contributed by atoms with van der Waals surface area (Å²) in [7, 11) is 0. The zero-order chi connectivity index (χ0) is 51.6. The molecule has 3 aromatic heterocycles. The number of aromatic carboxylic acids is 1. The minimum atomic E-state index is -1.26. The summed E-state index contributed by atoms with van der Waals surface area (Å²) in [6.07, 6.45) is 3.24. The first-order valence-electron chi connectivity index (χ1n) is 21.7. The Balaban J connectivity index is 0.000000258. The Morgan fingerprint density at radius 1 is 0.653 bits per heavy atom. The lowest BCUT2D eigenvalue weighted by atomic mass is 10.1. The van der Waals surface area contributed by atoms with Crippen LogP contribution in [0.2, 0.25) is 0 Å². The molecule has 5 aromatic carbocycles. The number of nitriles is 2. The summed E-state index contributed by atoms with van der Waals surface area (Å²) in [5.41, 5.74) is 1.27. The summed E-state index contributed by atoms with van der Waals surface area (Å²) in [6.45, 7) is 0.559. The van der Waals surface area contributed by atoms with Crippen LogP contribution in [0, 0.1) is 51.7 Å². The summed E-state index contributed by atoms with van der Waals surface area (Å²) < 4.78 is 101. The molecule has 1 aliphatic rings. The zero-order valence-corrected chi connectivity index (χ0v) is 37.6. The van der Waals surface area contributed by atoms with E-state index in [1.807, 2.05) is 12.1 Å². The van der Waals surface area contributed by atoms with Crippen molar-refractivity contribution in [2.75, 3.05) is 6.61 Å². The molecule has 1 fully saturated rings. The van der Waals surface area contributed by atoms with Crippen molar-refractivity contribution < 1.29 is 65.4 Å². The van der Waals surface area contributed by atoms with Gasteiger partial charge in [-0.05, 0) is 90.3 Å². The first-order valence-corrected chi connectivity index (χ1v) is 21.7. The number of carboxylic acid groups (broad SMARTS) is 2. The second-order valence-corrected chi connectivity index (χ2v) is 15.7. The van der Waals surface area contributed by atoms with Crippen molar-refractivity contribution in [3.8, 4) is 46.9 Å². The average molecular weight is 1030 g/mol. The van der Waals surface area contributed by atoms with Crippen molar-refractivity contribution in [1.82, 2.24) is 29.5 Å². The first-order chi connectivity index (χ1) is 35.2. The lowest BCUT2D eigenvalue weighted by molar-refractivity contribution is -0.136. The Hall–Kier alpha value is -9.54. The molecule has 0 spiro atoms. The van der Waals surface area contributed by atoms with Crippen molar-refractivity contribution in [3.63, 3.8) is 0 Å². The predicted octanol–water partition coefficient (Wildman–Crippen LogP) is 10.5. The number of fused-ring (bicyclic) bond motifs is 1. The Labute approximate surface area is 424 Å². The number of carbonyl (C=O) groups is 2. The van der Waals surface area contributed by atoms with E-state index in [-0.39, 0.29) is 116 Å². The van der Waals surface area contributed by atoms with Crippen LogP contribution in [0.4, 0.5) is 22.0 Å². The summed E-state index contributed by atoms with van der Waals surface area (Å²) in [6, 6.07) is 24.5. The number of rotatable bonds is 17. The normalized spacial score (nSPS) is 12.3. The molecule has 9 rings (SSSR count).